The van der Waals surface area contributed by atoms with E-state index in [0.29, 0.717) is 0 Å². The number of carbonyl (C=O) groups is 1. The van der Waals surface area contributed by atoms with E-state index in [4.69, 9.17) is 0 Å². The monoisotopic (exact) mass is 222 g/mol. The van der Waals surface area contributed by atoms with Crippen molar-refractivity contribution in [2.24, 2.45) is 14.1 Å². The van der Waals surface area contributed by atoms with Crippen LogP contribution in [0.1, 0.15) is 15.9 Å². The Morgan fingerprint density at radius 1 is 1.06 bits per heavy atom. The number of nitrogens with zero attached hydrogens (tertiary/aromatic N) is 4. The second-order valence-electron chi connectivity index (χ2n) is 3.34. The maximum absolute atomic E-state index is 11.9. The van der Waals surface area contributed by atoms with Crippen molar-refractivity contribution in [2.45, 2.75) is 0 Å². The van der Waals surface area contributed by atoms with Crippen LogP contribution in [0.25, 0.3) is 0 Å². The number of ketones is 1. The Morgan fingerprint density at radius 3 is 1.69 bits per heavy atom. The van der Waals surface area contributed by atoms with Crippen LogP contribution in [0.15, 0.2) is 12.4 Å². The molecule has 0 saturated heterocycles. The maximum atomic E-state index is 11.9. The van der Waals surface area contributed by atoms with Crippen molar-refractivity contribution in [2.75, 3.05) is 0 Å². The number of aromatic hydroxyl groups is 2. The van der Waals surface area contributed by atoms with Crippen LogP contribution in [-0.4, -0.2) is 35.6 Å². The van der Waals surface area contributed by atoms with Crippen LogP contribution in [0.5, 0.6) is 11.8 Å². The minimum atomic E-state index is -0.517. The molecule has 0 aliphatic rings. The predicted molar refractivity (Wildman–Crippen MR) is 53.2 cm³/mol. The molecule has 0 radical (unpaired) electrons. The van der Waals surface area contributed by atoms with E-state index in [0.717, 1.165) is 0 Å². The molecule has 7 heteroatoms. The first-order valence-corrected chi connectivity index (χ1v) is 4.49. The molecule has 0 atom stereocenters. The molecule has 2 N–H and O–H groups in total. The van der Waals surface area contributed by atoms with Crippen molar-refractivity contribution in [1.82, 2.24) is 19.6 Å². The van der Waals surface area contributed by atoms with Crippen LogP contribution >= 0.6 is 0 Å². The van der Waals surface area contributed by atoms with Crippen LogP contribution < -0.4 is 0 Å². The third kappa shape index (κ3) is 1.33. The van der Waals surface area contributed by atoms with Crippen molar-refractivity contribution >= 4 is 5.78 Å². The van der Waals surface area contributed by atoms with Crippen LogP contribution in [0.4, 0.5) is 0 Å². The number of hydrogen-bond donors (Lipinski definition) is 2. The first-order chi connectivity index (χ1) is 7.52. The first-order valence-electron chi connectivity index (χ1n) is 4.49. The summed E-state index contributed by atoms with van der Waals surface area (Å²) in [5.41, 5.74) is 0.0663. The van der Waals surface area contributed by atoms with E-state index in [1.54, 1.807) is 0 Å². The smallest absolute Gasteiger partial charge is 0.220 e. The van der Waals surface area contributed by atoms with E-state index < -0.39 is 5.78 Å². The van der Waals surface area contributed by atoms with Gasteiger partial charge >= 0.3 is 0 Å². The minimum absolute atomic E-state index is 0.0331. The zero-order valence-corrected chi connectivity index (χ0v) is 8.75. The molecule has 0 aliphatic carbocycles. The standard InChI is InChI=1S/C9H10N4O3/c1-12-8(15)5(3-10-12)7(14)6-4-11-13(2)9(6)16/h3-4,15-16H,1-2H3. The van der Waals surface area contributed by atoms with Gasteiger partial charge in [-0.25, -0.2) is 9.36 Å². The van der Waals surface area contributed by atoms with E-state index in [1.165, 1.54) is 35.9 Å². The Bertz CT molecular complexity index is 507. The molecular weight excluding hydrogens is 212 g/mol. The van der Waals surface area contributed by atoms with E-state index in [-0.39, 0.29) is 22.9 Å². The summed E-state index contributed by atoms with van der Waals surface area (Å²) in [6.45, 7) is 0. The molecule has 7 nitrogen and oxygen atoms in total. The number of aryl methyl sites for hydroxylation is 2. The molecule has 2 aromatic heterocycles. The Kier molecular flexibility index (Phi) is 2.15. The molecule has 0 spiro atoms. The topological polar surface area (TPSA) is 93.2 Å². The largest absolute Gasteiger partial charge is 0.493 e. The van der Waals surface area contributed by atoms with E-state index in [2.05, 4.69) is 10.2 Å². The average Bonchev–Trinajstić information content (AvgIpc) is 2.74. The Morgan fingerprint density at radius 2 is 1.44 bits per heavy atom. The molecule has 0 aromatic carbocycles. The molecule has 0 saturated carbocycles. The molecule has 16 heavy (non-hydrogen) atoms. The molecule has 2 heterocycles. The molecule has 0 bridgehead atoms. The van der Waals surface area contributed by atoms with Gasteiger partial charge in [-0.15, -0.1) is 0 Å². The van der Waals surface area contributed by atoms with Crippen molar-refractivity contribution in [3.63, 3.8) is 0 Å². The number of carbonyl (C=O) groups excluding carboxylic acids is 1. The lowest BCUT2D eigenvalue weighted by Gasteiger charge is -1.98. The van der Waals surface area contributed by atoms with Gasteiger partial charge in [0.25, 0.3) is 0 Å². The Hall–Kier alpha value is -2.31. The van der Waals surface area contributed by atoms with Gasteiger partial charge < -0.3 is 10.2 Å². The van der Waals surface area contributed by atoms with Gasteiger partial charge in [-0.05, 0) is 0 Å². The summed E-state index contributed by atoms with van der Waals surface area (Å²) in [6, 6.07) is 0. The average molecular weight is 222 g/mol. The third-order valence-corrected chi connectivity index (χ3v) is 2.30. The SMILES string of the molecule is Cn1ncc(C(=O)c2cnn(C)c2O)c1O. The van der Waals surface area contributed by atoms with Crippen LogP contribution in [0.2, 0.25) is 0 Å². The summed E-state index contributed by atoms with van der Waals surface area (Å²) >= 11 is 0. The Balaban J connectivity index is 2.47. The minimum Gasteiger partial charge on any atom is -0.493 e. The molecule has 0 aliphatic heterocycles. The number of rotatable bonds is 2. The van der Waals surface area contributed by atoms with Gasteiger partial charge in [-0.1, -0.05) is 0 Å². The van der Waals surface area contributed by atoms with E-state index >= 15 is 0 Å². The van der Waals surface area contributed by atoms with Crippen molar-refractivity contribution in [3.8, 4) is 11.8 Å². The summed E-state index contributed by atoms with van der Waals surface area (Å²) in [5, 5.41) is 26.5. The lowest BCUT2D eigenvalue weighted by Crippen LogP contribution is -2.00. The quantitative estimate of drug-likeness (QED) is 0.686. The van der Waals surface area contributed by atoms with Gasteiger partial charge in [0.15, 0.2) is 0 Å². The lowest BCUT2D eigenvalue weighted by atomic mass is 10.1. The fourth-order valence-electron chi connectivity index (χ4n) is 1.33. The summed E-state index contributed by atoms with van der Waals surface area (Å²) in [4.78, 5) is 11.9. The van der Waals surface area contributed by atoms with Gasteiger partial charge in [-0.3, -0.25) is 4.79 Å². The van der Waals surface area contributed by atoms with Crippen molar-refractivity contribution in [3.05, 3.63) is 23.5 Å². The highest BCUT2D eigenvalue weighted by Crippen LogP contribution is 2.23. The summed E-state index contributed by atoms with van der Waals surface area (Å²) in [5.74, 6) is -1.00. The van der Waals surface area contributed by atoms with Gasteiger partial charge in [0, 0.05) is 14.1 Å². The van der Waals surface area contributed by atoms with E-state index in [9.17, 15) is 15.0 Å². The highest BCUT2D eigenvalue weighted by molar-refractivity contribution is 6.11. The predicted octanol–water partition coefficient (Wildman–Crippen LogP) is -0.204. The molecule has 0 fully saturated rings. The number of aromatic nitrogens is 4. The molecule has 0 amide bonds. The van der Waals surface area contributed by atoms with Crippen molar-refractivity contribution in [1.29, 1.82) is 0 Å². The third-order valence-electron chi connectivity index (χ3n) is 2.30. The van der Waals surface area contributed by atoms with Crippen molar-refractivity contribution < 1.29 is 15.0 Å². The highest BCUT2D eigenvalue weighted by atomic mass is 16.3. The lowest BCUT2D eigenvalue weighted by molar-refractivity contribution is 0.103. The fraction of sp³-hybridized carbons (Fsp3) is 0.222. The molecular formula is C9H10N4O3. The molecule has 2 rings (SSSR count). The summed E-state index contributed by atoms with van der Waals surface area (Å²) < 4.78 is 2.33. The second kappa shape index (κ2) is 3.37. The fourth-order valence-corrected chi connectivity index (χ4v) is 1.33. The van der Waals surface area contributed by atoms with Crippen LogP contribution in [0, 0.1) is 0 Å². The summed E-state index contributed by atoms with van der Waals surface area (Å²) in [7, 11) is 3.02. The van der Waals surface area contributed by atoms with Crippen LogP contribution in [0.3, 0.4) is 0 Å². The van der Waals surface area contributed by atoms with Gasteiger partial charge in [0.2, 0.25) is 17.5 Å². The zero-order valence-electron chi connectivity index (χ0n) is 8.75. The van der Waals surface area contributed by atoms with E-state index in [1.807, 2.05) is 0 Å². The first kappa shape index (κ1) is 10.2. The number of hydrogen-bond acceptors (Lipinski definition) is 5. The molecule has 2 aromatic rings. The second-order valence-corrected chi connectivity index (χ2v) is 3.34. The highest BCUT2D eigenvalue weighted by Gasteiger charge is 2.22. The maximum Gasteiger partial charge on any atom is 0.220 e. The molecule has 0 unspecified atom stereocenters. The summed E-state index contributed by atoms with van der Waals surface area (Å²) in [6.07, 6.45) is 2.48. The molecule has 84 valence electrons. The zero-order chi connectivity index (χ0) is 11.9. The normalized spacial score (nSPS) is 10.6. The van der Waals surface area contributed by atoms with Gasteiger partial charge in [-0.2, -0.15) is 10.2 Å². The van der Waals surface area contributed by atoms with Crippen LogP contribution in [-0.2, 0) is 14.1 Å². The van der Waals surface area contributed by atoms with Gasteiger partial charge in [0.1, 0.15) is 11.1 Å². The Labute approximate surface area is 90.5 Å². The van der Waals surface area contributed by atoms with Gasteiger partial charge in [0.05, 0.1) is 12.4 Å².